The lowest BCUT2D eigenvalue weighted by Crippen LogP contribution is -2.26. The summed E-state index contributed by atoms with van der Waals surface area (Å²) in [6.07, 6.45) is 0.876. The number of nitrogens with zero attached hydrogens (tertiary/aromatic N) is 2. The van der Waals surface area contributed by atoms with Crippen LogP contribution in [0.4, 0.5) is 11.6 Å². The summed E-state index contributed by atoms with van der Waals surface area (Å²) in [6, 6.07) is 7.65. The van der Waals surface area contributed by atoms with Gasteiger partial charge in [0.15, 0.2) is 0 Å². The van der Waals surface area contributed by atoms with E-state index in [1.54, 1.807) is 14.2 Å². The number of nitrogens with one attached hydrogen (secondary N) is 2. The molecule has 110 valence electrons. The fourth-order valence-corrected chi connectivity index (χ4v) is 2.37. The maximum atomic E-state index is 5.38. The van der Waals surface area contributed by atoms with Crippen molar-refractivity contribution in [2.75, 3.05) is 26.1 Å². The molecule has 6 nitrogen and oxygen atoms in total. The molecule has 0 spiro atoms. The second-order valence-electron chi connectivity index (χ2n) is 4.77. The fourth-order valence-electron chi connectivity index (χ4n) is 2.37. The minimum atomic E-state index is 0.542. The molecule has 0 saturated heterocycles. The number of fused-ring (bicyclic) bond motifs is 1. The molecule has 1 aliphatic rings. The second-order valence-corrected chi connectivity index (χ2v) is 4.77. The molecule has 0 unspecified atom stereocenters. The predicted molar refractivity (Wildman–Crippen MR) is 80.3 cm³/mol. The molecule has 0 saturated carbocycles. The Bertz CT molecular complexity index is 628. The number of hydrogen-bond acceptors (Lipinski definition) is 6. The SMILES string of the molecule is COc1cccc(Nc2nc3c(c(OC)n2)CNCC3)c1. The van der Waals surface area contributed by atoms with Gasteiger partial charge in [-0.15, -0.1) is 0 Å². The van der Waals surface area contributed by atoms with Gasteiger partial charge in [-0.3, -0.25) is 0 Å². The van der Waals surface area contributed by atoms with Crippen molar-refractivity contribution in [2.45, 2.75) is 13.0 Å². The van der Waals surface area contributed by atoms with Crippen LogP contribution in [0.1, 0.15) is 11.3 Å². The third kappa shape index (κ3) is 2.90. The highest BCUT2D eigenvalue weighted by Crippen LogP contribution is 2.25. The van der Waals surface area contributed by atoms with Gasteiger partial charge in [-0.2, -0.15) is 4.98 Å². The molecule has 21 heavy (non-hydrogen) atoms. The van der Waals surface area contributed by atoms with Crippen LogP contribution in [0.3, 0.4) is 0 Å². The van der Waals surface area contributed by atoms with E-state index in [-0.39, 0.29) is 0 Å². The molecule has 2 heterocycles. The van der Waals surface area contributed by atoms with Crippen molar-refractivity contribution < 1.29 is 9.47 Å². The van der Waals surface area contributed by atoms with E-state index in [2.05, 4.69) is 20.6 Å². The average molecular weight is 286 g/mol. The highest BCUT2D eigenvalue weighted by Gasteiger charge is 2.18. The lowest BCUT2D eigenvalue weighted by Gasteiger charge is -2.19. The summed E-state index contributed by atoms with van der Waals surface area (Å²) < 4.78 is 10.6. The normalized spacial score (nSPS) is 13.4. The van der Waals surface area contributed by atoms with Crippen molar-refractivity contribution in [3.05, 3.63) is 35.5 Å². The van der Waals surface area contributed by atoms with E-state index in [9.17, 15) is 0 Å². The first kappa shape index (κ1) is 13.6. The van der Waals surface area contributed by atoms with E-state index in [0.717, 1.165) is 42.2 Å². The number of methoxy groups -OCH3 is 2. The minimum Gasteiger partial charge on any atom is -0.497 e. The maximum absolute atomic E-state index is 5.38. The molecular weight excluding hydrogens is 268 g/mol. The quantitative estimate of drug-likeness (QED) is 0.894. The average Bonchev–Trinajstić information content (AvgIpc) is 2.54. The molecular formula is C15H18N4O2. The van der Waals surface area contributed by atoms with Crippen molar-refractivity contribution in [3.63, 3.8) is 0 Å². The summed E-state index contributed by atoms with van der Waals surface area (Å²) in [7, 11) is 3.27. The van der Waals surface area contributed by atoms with Crippen LogP contribution >= 0.6 is 0 Å². The molecule has 6 heteroatoms. The maximum Gasteiger partial charge on any atom is 0.230 e. The van der Waals surface area contributed by atoms with Crippen LogP contribution in [0.15, 0.2) is 24.3 Å². The number of rotatable bonds is 4. The Morgan fingerprint density at radius 2 is 2.10 bits per heavy atom. The standard InChI is InChI=1S/C15H18N4O2/c1-20-11-5-3-4-10(8-11)17-15-18-13-6-7-16-9-12(13)14(19-15)21-2/h3-5,8,16H,6-7,9H2,1-2H3,(H,17,18,19). The molecule has 0 bridgehead atoms. The summed E-state index contributed by atoms with van der Waals surface area (Å²) in [5.41, 5.74) is 2.95. The summed E-state index contributed by atoms with van der Waals surface area (Å²) >= 11 is 0. The first-order valence-corrected chi connectivity index (χ1v) is 6.85. The third-order valence-electron chi connectivity index (χ3n) is 3.41. The highest BCUT2D eigenvalue weighted by atomic mass is 16.5. The lowest BCUT2D eigenvalue weighted by atomic mass is 10.1. The van der Waals surface area contributed by atoms with Gasteiger partial charge in [0, 0.05) is 36.8 Å². The van der Waals surface area contributed by atoms with E-state index in [1.807, 2.05) is 24.3 Å². The minimum absolute atomic E-state index is 0.542. The zero-order valence-electron chi connectivity index (χ0n) is 12.1. The highest BCUT2D eigenvalue weighted by molar-refractivity contribution is 5.57. The van der Waals surface area contributed by atoms with Crippen LogP contribution in [0.25, 0.3) is 0 Å². The Labute approximate surface area is 123 Å². The summed E-state index contributed by atoms with van der Waals surface area (Å²) in [4.78, 5) is 9.02. The van der Waals surface area contributed by atoms with Crippen LogP contribution in [0.5, 0.6) is 11.6 Å². The van der Waals surface area contributed by atoms with Crippen LogP contribution in [0, 0.1) is 0 Å². The van der Waals surface area contributed by atoms with Crippen LogP contribution in [-0.2, 0) is 13.0 Å². The van der Waals surface area contributed by atoms with E-state index in [4.69, 9.17) is 9.47 Å². The zero-order chi connectivity index (χ0) is 14.7. The third-order valence-corrected chi connectivity index (χ3v) is 3.41. The van der Waals surface area contributed by atoms with Crippen molar-refractivity contribution >= 4 is 11.6 Å². The Kier molecular flexibility index (Phi) is 3.87. The van der Waals surface area contributed by atoms with Crippen molar-refractivity contribution in [1.82, 2.24) is 15.3 Å². The molecule has 1 aromatic heterocycles. The molecule has 2 aromatic rings. The van der Waals surface area contributed by atoms with Gasteiger partial charge < -0.3 is 20.1 Å². The van der Waals surface area contributed by atoms with Gasteiger partial charge in [0.25, 0.3) is 0 Å². The van der Waals surface area contributed by atoms with Gasteiger partial charge in [0.1, 0.15) is 5.75 Å². The smallest absolute Gasteiger partial charge is 0.230 e. The Morgan fingerprint density at radius 3 is 2.90 bits per heavy atom. The molecule has 3 rings (SSSR count). The van der Waals surface area contributed by atoms with Gasteiger partial charge in [0.2, 0.25) is 11.8 Å². The van der Waals surface area contributed by atoms with Crippen LogP contribution in [0.2, 0.25) is 0 Å². The zero-order valence-corrected chi connectivity index (χ0v) is 12.1. The molecule has 2 N–H and O–H groups in total. The van der Waals surface area contributed by atoms with Gasteiger partial charge in [-0.1, -0.05) is 6.07 Å². The number of anilines is 2. The summed E-state index contributed by atoms with van der Waals surface area (Å²) in [6.45, 7) is 1.67. The number of benzene rings is 1. The Morgan fingerprint density at radius 1 is 1.19 bits per heavy atom. The van der Waals surface area contributed by atoms with Gasteiger partial charge in [-0.05, 0) is 12.1 Å². The first-order chi connectivity index (χ1) is 10.3. The topological polar surface area (TPSA) is 68.3 Å². The van der Waals surface area contributed by atoms with Crippen molar-refractivity contribution in [3.8, 4) is 11.6 Å². The number of hydrogen-bond donors (Lipinski definition) is 2. The second kappa shape index (κ2) is 5.97. The van der Waals surface area contributed by atoms with E-state index < -0.39 is 0 Å². The molecule has 0 aliphatic carbocycles. The predicted octanol–water partition coefficient (Wildman–Crippen LogP) is 1.88. The molecule has 0 amide bonds. The summed E-state index contributed by atoms with van der Waals surface area (Å²) in [5, 5.41) is 6.50. The molecule has 0 radical (unpaired) electrons. The fraction of sp³-hybridized carbons (Fsp3) is 0.333. The molecule has 1 aromatic carbocycles. The first-order valence-electron chi connectivity index (χ1n) is 6.85. The number of aromatic nitrogens is 2. The van der Waals surface area contributed by atoms with Gasteiger partial charge in [-0.25, -0.2) is 4.98 Å². The lowest BCUT2D eigenvalue weighted by molar-refractivity contribution is 0.386. The largest absolute Gasteiger partial charge is 0.497 e. The molecule has 0 atom stereocenters. The van der Waals surface area contributed by atoms with Crippen molar-refractivity contribution in [1.29, 1.82) is 0 Å². The van der Waals surface area contributed by atoms with Gasteiger partial charge >= 0.3 is 0 Å². The monoisotopic (exact) mass is 286 g/mol. The van der Waals surface area contributed by atoms with E-state index in [1.165, 1.54) is 0 Å². The van der Waals surface area contributed by atoms with Crippen LogP contribution < -0.4 is 20.1 Å². The number of ether oxygens (including phenoxy) is 2. The van der Waals surface area contributed by atoms with Crippen molar-refractivity contribution in [2.24, 2.45) is 0 Å². The Hall–Kier alpha value is -2.34. The molecule has 0 fully saturated rings. The van der Waals surface area contributed by atoms with Crippen LogP contribution in [-0.4, -0.2) is 30.7 Å². The molecule has 1 aliphatic heterocycles. The van der Waals surface area contributed by atoms with Gasteiger partial charge in [0.05, 0.1) is 19.9 Å². The Balaban J connectivity index is 1.91. The van der Waals surface area contributed by atoms with E-state index in [0.29, 0.717) is 11.8 Å². The summed E-state index contributed by atoms with van der Waals surface area (Å²) in [5.74, 6) is 1.95. The van der Waals surface area contributed by atoms with E-state index >= 15 is 0 Å².